The zero-order chi connectivity index (χ0) is 29.5. The van der Waals surface area contributed by atoms with Crippen molar-refractivity contribution in [3.8, 4) is 28.5 Å². The molecule has 0 aliphatic carbocycles. The van der Waals surface area contributed by atoms with Gasteiger partial charge in [0.05, 0.1) is 28.1 Å². The molecule has 0 bridgehead atoms. The largest absolute Gasteiger partial charge is 0.456 e. The van der Waals surface area contributed by atoms with Gasteiger partial charge in [-0.25, -0.2) is 4.98 Å². The minimum atomic E-state index is 0.568. The Hall–Kier alpha value is -6.27. The Morgan fingerprint density at radius 2 is 1.07 bits per heavy atom. The third-order valence-corrected chi connectivity index (χ3v) is 8.76. The fraction of sp³-hybridized carbons (Fsp3) is 0. The lowest BCUT2D eigenvalue weighted by Crippen LogP contribution is -2.21. The molecule has 0 amide bonds. The summed E-state index contributed by atoms with van der Waals surface area (Å²) in [6, 6.07) is 47.8. The summed E-state index contributed by atoms with van der Waals surface area (Å²) in [5.74, 6) is 1.82. The second-order valence-corrected chi connectivity index (χ2v) is 11.3. The molecular weight excluding hydrogens is 554 g/mol. The Bertz CT molecular complexity index is 2550. The summed E-state index contributed by atoms with van der Waals surface area (Å²) in [6.07, 6.45) is 0. The number of aromatic nitrogens is 4. The van der Waals surface area contributed by atoms with Crippen molar-refractivity contribution in [3.05, 3.63) is 140 Å². The van der Waals surface area contributed by atoms with Crippen LogP contribution in [0.5, 0.6) is 0 Å². The van der Waals surface area contributed by atoms with E-state index in [9.17, 15) is 0 Å². The van der Waals surface area contributed by atoms with Crippen molar-refractivity contribution >= 4 is 61.1 Å². The van der Waals surface area contributed by atoms with E-state index in [4.69, 9.17) is 19.4 Å². The third-order valence-electron chi connectivity index (χ3n) is 8.76. The zero-order valence-corrected chi connectivity index (χ0v) is 23.9. The first-order valence-electron chi connectivity index (χ1n) is 15.0. The second-order valence-electron chi connectivity index (χ2n) is 11.3. The zero-order valence-electron chi connectivity index (χ0n) is 23.9. The molecular formula is C39H23N5O. The van der Waals surface area contributed by atoms with Crippen LogP contribution in [0, 0.1) is 0 Å². The van der Waals surface area contributed by atoms with Crippen molar-refractivity contribution in [2.24, 2.45) is 0 Å². The molecule has 0 N–H and O–H groups in total. The number of hydrogen-bond donors (Lipinski definition) is 0. The van der Waals surface area contributed by atoms with Crippen LogP contribution in [-0.4, -0.2) is 19.5 Å². The van der Waals surface area contributed by atoms with Crippen LogP contribution >= 0.6 is 0 Å². The standard InChI is InChI=1S/C39H23N5O/c1-3-12-24(13-4-1)37-40-38(25-14-5-2-6-15-25)42-39(41-37)44-31-19-9-8-18-30(31)43-33-23-35-29(26-16-7-10-21-34(26)45-35)22-28(33)27-17-11-20-32(44)36(27)43/h1-23H. The van der Waals surface area contributed by atoms with Crippen LogP contribution < -0.4 is 4.90 Å². The van der Waals surface area contributed by atoms with E-state index in [0.29, 0.717) is 17.6 Å². The molecule has 0 saturated heterocycles. The lowest BCUT2D eigenvalue weighted by Gasteiger charge is -2.31. The van der Waals surface area contributed by atoms with Gasteiger partial charge in [0.2, 0.25) is 5.95 Å². The Kier molecular flexibility index (Phi) is 4.90. The van der Waals surface area contributed by atoms with Crippen LogP contribution in [0.25, 0.3) is 72.2 Å². The van der Waals surface area contributed by atoms with E-state index in [1.807, 2.05) is 72.8 Å². The summed E-state index contributed by atoms with van der Waals surface area (Å²) in [5.41, 5.74) is 8.89. The minimum Gasteiger partial charge on any atom is -0.456 e. The topological polar surface area (TPSA) is 60.0 Å². The van der Waals surface area contributed by atoms with Gasteiger partial charge in [-0.3, -0.25) is 4.90 Å². The van der Waals surface area contributed by atoms with Gasteiger partial charge in [0.25, 0.3) is 0 Å². The first-order chi connectivity index (χ1) is 22.3. The summed E-state index contributed by atoms with van der Waals surface area (Å²) in [5, 5.41) is 4.57. The highest BCUT2D eigenvalue weighted by Crippen LogP contribution is 2.50. The number of anilines is 3. The van der Waals surface area contributed by atoms with E-state index in [0.717, 1.165) is 66.5 Å². The van der Waals surface area contributed by atoms with Crippen LogP contribution in [0.3, 0.4) is 0 Å². The van der Waals surface area contributed by atoms with E-state index in [1.165, 1.54) is 5.39 Å². The van der Waals surface area contributed by atoms with E-state index in [-0.39, 0.29) is 0 Å². The lowest BCUT2D eigenvalue weighted by molar-refractivity contribution is 0.669. The van der Waals surface area contributed by atoms with Crippen LogP contribution in [0.15, 0.2) is 144 Å². The maximum atomic E-state index is 6.34. The van der Waals surface area contributed by atoms with Gasteiger partial charge in [0.15, 0.2) is 11.6 Å². The highest BCUT2D eigenvalue weighted by atomic mass is 16.3. The van der Waals surface area contributed by atoms with Gasteiger partial charge in [-0.1, -0.05) is 103 Å². The monoisotopic (exact) mass is 577 g/mol. The maximum absolute atomic E-state index is 6.34. The number of benzene rings is 6. The first kappa shape index (κ1) is 24.2. The van der Waals surface area contributed by atoms with Gasteiger partial charge in [-0.05, 0) is 30.3 Å². The molecule has 0 radical (unpaired) electrons. The SMILES string of the molecule is c1ccc(-c2nc(-c3ccccc3)nc(N3c4ccccc4-n4c5cc6oc7ccccc7c6cc5c5cccc3c54)n2)cc1. The molecule has 0 unspecified atom stereocenters. The fourth-order valence-electron chi connectivity index (χ4n) is 6.78. The minimum absolute atomic E-state index is 0.568. The van der Waals surface area contributed by atoms with Gasteiger partial charge in [0, 0.05) is 38.7 Å². The normalized spacial score (nSPS) is 12.4. The molecule has 210 valence electrons. The maximum Gasteiger partial charge on any atom is 0.238 e. The summed E-state index contributed by atoms with van der Waals surface area (Å²) >= 11 is 0. The van der Waals surface area contributed by atoms with E-state index in [1.54, 1.807) is 0 Å². The van der Waals surface area contributed by atoms with E-state index < -0.39 is 0 Å². The van der Waals surface area contributed by atoms with Gasteiger partial charge >= 0.3 is 0 Å². The molecule has 0 atom stereocenters. The number of rotatable bonds is 3. The molecule has 0 saturated carbocycles. The van der Waals surface area contributed by atoms with Crippen LogP contribution in [0.2, 0.25) is 0 Å². The Labute approximate surface area is 257 Å². The second kappa shape index (κ2) is 9.11. The average Bonchev–Trinajstić information content (AvgIpc) is 3.64. The first-order valence-corrected chi connectivity index (χ1v) is 15.0. The highest BCUT2D eigenvalue weighted by molar-refractivity contribution is 6.21. The fourth-order valence-corrected chi connectivity index (χ4v) is 6.78. The number of hydrogen-bond acceptors (Lipinski definition) is 5. The van der Waals surface area contributed by atoms with Gasteiger partial charge in [-0.15, -0.1) is 0 Å². The van der Waals surface area contributed by atoms with E-state index >= 15 is 0 Å². The molecule has 0 fully saturated rings. The van der Waals surface area contributed by atoms with Crippen LogP contribution in [0.4, 0.5) is 17.3 Å². The molecule has 6 nitrogen and oxygen atoms in total. The Morgan fingerprint density at radius 3 is 1.82 bits per heavy atom. The number of para-hydroxylation sites is 4. The van der Waals surface area contributed by atoms with Crippen molar-refractivity contribution in [1.29, 1.82) is 0 Å². The molecule has 4 heterocycles. The van der Waals surface area contributed by atoms with E-state index in [2.05, 4.69) is 76.2 Å². The predicted molar refractivity (Wildman–Crippen MR) is 181 cm³/mol. The smallest absolute Gasteiger partial charge is 0.238 e. The molecule has 6 heteroatoms. The molecule has 3 aromatic heterocycles. The quantitative estimate of drug-likeness (QED) is 0.209. The number of fused-ring (bicyclic) bond motifs is 8. The Morgan fingerprint density at radius 1 is 0.444 bits per heavy atom. The molecule has 1 aliphatic heterocycles. The van der Waals surface area contributed by atoms with Crippen molar-refractivity contribution in [2.45, 2.75) is 0 Å². The highest BCUT2D eigenvalue weighted by Gasteiger charge is 2.31. The molecule has 6 aromatic carbocycles. The molecule has 0 spiro atoms. The van der Waals surface area contributed by atoms with Crippen molar-refractivity contribution in [2.75, 3.05) is 4.90 Å². The number of nitrogens with zero attached hydrogens (tertiary/aromatic N) is 5. The molecule has 9 aromatic rings. The van der Waals surface area contributed by atoms with Crippen LogP contribution in [0.1, 0.15) is 0 Å². The average molecular weight is 578 g/mol. The summed E-state index contributed by atoms with van der Waals surface area (Å²) in [4.78, 5) is 17.3. The van der Waals surface area contributed by atoms with Crippen molar-refractivity contribution < 1.29 is 4.42 Å². The summed E-state index contributed by atoms with van der Waals surface area (Å²) in [6.45, 7) is 0. The predicted octanol–water partition coefficient (Wildman–Crippen LogP) is 9.99. The summed E-state index contributed by atoms with van der Waals surface area (Å²) < 4.78 is 8.70. The summed E-state index contributed by atoms with van der Waals surface area (Å²) in [7, 11) is 0. The van der Waals surface area contributed by atoms with Crippen LogP contribution in [-0.2, 0) is 0 Å². The van der Waals surface area contributed by atoms with Crippen molar-refractivity contribution in [1.82, 2.24) is 19.5 Å². The molecule has 1 aliphatic rings. The van der Waals surface area contributed by atoms with Gasteiger partial charge in [-0.2, -0.15) is 9.97 Å². The third kappa shape index (κ3) is 3.48. The van der Waals surface area contributed by atoms with Crippen molar-refractivity contribution in [3.63, 3.8) is 0 Å². The van der Waals surface area contributed by atoms with Gasteiger partial charge < -0.3 is 8.98 Å². The number of furan rings is 1. The lowest BCUT2D eigenvalue weighted by atomic mass is 10.1. The van der Waals surface area contributed by atoms with Gasteiger partial charge in [0.1, 0.15) is 11.2 Å². The Balaban J connectivity index is 1.29. The molecule has 10 rings (SSSR count). The molecule has 45 heavy (non-hydrogen) atoms.